The van der Waals surface area contributed by atoms with Gasteiger partial charge in [-0.05, 0) is 128 Å². The Bertz CT molecular complexity index is 1080. The third-order valence-electron chi connectivity index (χ3n) is 13.4. The van der Waals surface area contributed by atoms with Crippen molar-refractivity contribution in [3.8, 4) is 0 Å². The molecule has 0 radical (unpaired) electrons. The molecule has 4 heteroatoms. The summed E-state index contributed by atoms with van der Waals surface area (Å²) in [6.07, 6.45) is 9.78. The lowest BCUT2D eigenvalue weighted by Gasteiger charge is -2.72. The van der Waals surface area contributed by atoms with Crippen LogP contribution in [0.3, 0.4) is 0 Å². The Hall–Kier alpha value is -1.32. The van der Waals surface area contributed by atoms with Gasteiger partial charge < -0.3 is 10.1 Å². The molecule has 5 rings (SSSR count). The molecule has 0 unspecified atom stereocenters. The highest BCUT2D eigenvalue weighted by Crippen LogP contribution is 2.76. The summed E-state index contributed by atoms with van der Waals surface area (Å²) < 4.78 is 5.80. The summed E-state index contributed by atoms with van der Waals surface area (Å²) in [6, 6.07) is 0.127. The topological polar surface area (TPSA) is 55.4 Å². The van der Waals surface area contributed by atoms with E-state index in [0.29, 0.717) is 29.5 Å². The van der Waals surface area contributed by atoms with E-state index in [2.05, 4.69) is 60.7 Å². The van der Waals surface area contributed by atoms with Gasteiger partial charge in [-0.15, -0.1) is 0 Å². The Morgan fingerprint density at radius 3 is 2.15 bits per heavy atom. The molecule has 0 heterocycles. The highest BCUT2D eigenvalue weighted by atomic mass is 16.6. The number of ether oxygens (including phenoxy) is 1. The molecule has 4 fully saturated rings. The first-order valence-electron chi connectivity index (χ1n) is 16.1. The van der Waals surface area contributed by atoms with Crippen LogP contribution >= 0.6 is 0 Å². The maximum absolute atomic E-state index is 13.4. The smallest absolute Gasteiger partial charge is 0.407 e. The molecule has 0 aromatic carbocycles. The highest BCUT2D eigenvalue weighted by Gasteiger charge is 2.70. The minimum absolute atomic E-state index is 0.0150. The van der Waals surface area contributed by atoms with Crippen molar-refractivity contribution in [3.05, 3.63) is 11.1 Å². The number of rotatable bonds is 2. The first-order chi connectivity index (χ1) is 17.8. The monoisotopic (exact) mass is 539 g/mol. The van der Waals surface area contributed by atoms with Crippen LogP contribution in [0.5, 0.6) is 0 Å². The fourth-order valence-corrected chi connectivity index (χ4v) is 11.6. The fraction of sp³-hybridized carbons (Fsp3) is 0.886. The SMILES string of the molecule is CC(C)C1=C2[C@H]3CC[C@@H]4[C@@]5(C)[C@H](NC(=O)OC(C)(C)C)CCC(C)(C)[C@@H]5CC[C@@]4(C)[C@]3(C)CC[C@@]2(C)CC1=O. The molecule has 4 saturated carbocycles. The van der Waals surface area contributed by atoms with Crippen molar-refractivity contribution in [3.63, 3.8) is 0 Å². The quantitative estimate of drug-likeness (QED) is 0.381. The zero-order valence-electron chi connectivity index (χ0n) is 27.0. The Morgan fingerprint density at radius 2 is 1.54 bits per heavy atom. The Balaban J connectivity index is 1.57. The minimum Gasteiger partial charge on any atom is -0.444 e. The highest BCUT2D eigenvalue weighted by molar-refractivity contribution is 6.00. The molecule has 0 bridgehead atoms. The zero-order valence-corrected chi connectivity index (χ0v) is 27.0. The lowest BCUT2D eigenvalue weighted by Crippen LogP contribution is -2.69. The van der Waals surface area contributed by atoms with Crippen LogP contribution in [0, 0.1) is 50.7 Å². The van der Waals surface area contributed by atoms with E-state index in [9.17, 15) is 9.59 Å². The summed E-state index contributed by atoms with van der Waals surface area (Å²) >= 11 is 0. The van der Waals surface area contributed by atoms with Crippen molar-refractivity contribution in [1.29, 1.82) is 0 Å². The fourth-order valence-electron chi connectivity index (χ4n) is 11.6. The summed E-state index contributed by atoms with van der Waals surface area (Å²) in [7, 11) is 0. The second kappa shape index (κ2) is 8.84. The standard InChI is InChI=1S/C35H57NO3/c1-21(2)27-23(37)20-32(8)18-19-33(9)22(28(27)32)12-13-25-34(33,10)17-14-24-31(6,7)16-15-26(35(24,25)11)36-29(38)39-30(3,4)5/h21-22,24-26H,12-20H2,1-11H3,(H,36,38)/t22-,24+,25+,26-,32+,33-,34-,35+/m1/s1. The van der Waals surface area contributed by atoms with Gasteiger partial charge in [0.2, 0.25) is 0 Å². The molecule has 4 nitrogen and oxygen atoms in total. The molecule has 39 heavy (non-hydrogen) atoms. The number of carbonyl (C=O) groups excluding carboxylic acids is 2. The number of fused-ring (bicyclic) bond motifs is 7. The molecule has 0 spiro atoms. The Kier molecular flexibility index (Phi) is 6.61. The van der Waals surface area contributed by atoms with Gasteiger partial charge in [-0.2, -0.15) is 0 Å². The van der Waals surface area contributed by atoms with Crippen LogP contribution in [0.25, 0.3) is 0 Å². The molecule has 0 saturated heterocycles. The van der Waals surface area contributed by atoms with E-state index in [1.807, 2.05) is 20.8 Å². The van der Waals surface area contributed by atoms with Crippen molar-refractivity contribution in [2.45, 2.75) is 146 Å². The first kappa shape index (κ1) is 29.2. The average molecular weight is 540 g/mol. The third kappa shape index (κ3) is 4.10. The first-order valence-corrected chi connectivity index (χ1v) is 16.1. The van der Waals surface area contributed by atoms with Crippen molar-refractivity contribution in [2.75, 3.05) is 0 Å². The van der Waals surface area contributed by atoms with E-state index in [4.69, 9.17) is 4.74 Å². The van der Waals surface area contributed by atoms with Crippen LogP contribution in [0.4, 0.5) is 4.79 Å². The predicted molar refractivity (Wildman–Crippen MR) is 158 cm³/mol. The molecule has 5 aliphatic carbocycles. The number of alkyl carbamates (subject to hydrolysis) is 1. The summed E-state index contributed by atoms with van der Waals surface area (Å²) in [5.41, 5.74) is 2.90. The van der Waals surface area contributed by atoms with Gasteiger partial charge in [0.05, 0.1) is 0 Å². The van der Waals surface area contributed by atoms with Crippen molar-refractivity contribution >= 4 is 11.9 Å². The number of ketones is 1. The second-order valence-corrected chi connectivity index (χ2v) is 17.3. The lowest BCUT2D eigenvalue weighted by molar-refractivity contribution is -0.219. The minimum atomic E-state index is -0.500. The van der Waals surface area contributed by atoms with Gasteiger partial charge in [-0.1, -0.05) is 61.0 Å². The van der Waals surface area contributed by atoms with Gasteiger partial charge in [0.25, 0.3) is 0 Å². The predicted octanol–water partition coefficient (Wildman–Crippen LogP) is 8.88. The molecule has 8 atom stereocenters. The summed E-state index contributed by atoms with van der Waals surface area (Å²) in [5, 5.41) is 3.44. The molecular formula is C35H57NO3. The van der Waals surface area contributed by atoms with Gasteiger partial charge in [0, 0.05) is 12.5 Å². The van der Waals surface area contributed by atoms with E-state index in [1.165, 1.54) is 37.7 Å². The van der Waals surface area contributed by atoms with E-state index < -0.39 is 5.60 Å². The van der Waals surface area contributed by atoms with Crippen LogP contribution < -0.4 is 5.32 Å². The van der Waals surface area contributed by atoms with Crippen molar-refractivity contribution in [2.24, 2.45) is 50.7 Å². The number of allylic oxidation sites excluding steroid dienone is 2. The summed E-state index contributed by atoms with van der Waals surface area (Å²) in [4.78, 5) is 26.5. The van der Waals surface area contributed by atoms with Crippen LogP contribution in [0.2, 0.25) is 0 Å². The summed E-state index contributed by atoms with van der Waals surface area (Å²) in [6.45, 7) is 25.4. The maximum Gasteiger partial charge on any atom is 0.407 e. The Labute approximate surface area is 238 Å². The summed E-state index contributed by atoms with van der Waals surface area (Å²) in [5.74, 6) is 2.33. The molecule has 0 aromatic rings. The third-order valence-corrected chi connectivity index (χ3v) is 13.4. The maximum atomic E-state index is 13.4. The molecule has 0 aromatic heterocycles. The molecule has 220 valence electrons. The van der Waals surface area contributed by atoms with Gasteiger partial charge in [-0.3, -0.25) is 4.79 Å². The second-order valence-electron chi connectivity index (χ2n) is 17.3. The van der Waals surface area contributed by atoms with Gasteiger partial charge in [0.15, 0.2) is 5.78 Å². The van der Waals surface area contributed by atoms with E-state index in [-0.39, 0.29) is 39.2 Å². The Morgan fingerprint density at radius 1 is 0.872 bits per heavy atom. The van der Waals surface area contributed by atoms with Gasteiger partial charge in [-0.25, -0.2) is 4.79 Å². The normalized spacial score (nSPS) is 45.3. The van der Waals surface area contributed by atoms with E-state index >= 15 is 0 Å². The molecule has 1 amide bonds. The number of hydrogen-bond donors (Lipinski definition) is 1. The molecule has 0 aliphatic heterocycles. The lowest BCUT2D eigenvalue weighted by atomic mass is 9.32. The molecule has 5 aliphatic rings. The van der Waals surface area contributed by atoms with Crippen LogP contribution in [0.15, 0.2) is 11.1 Å². The molecular weight excluding hydrogens is 482 g/mol. The van der Waals surface area contributed by atoms with Crippen molar-refractivity contribution in [1.82, 2.24) is 5.32 Å². The largest absolute Gasteiger partial charge is 0.444 e. The number of nitrogens with one attached hydrogen (secondary N) is 1. The number of hydrogen-bond acceptors (Lipinski definition) is 3. The van der Waals surface area contributed by atoms with Crippen LogP contribution in [-0.2, 0) is 9.53 Å². The van der Waals surface area contributed by atoms with Crippen LogP contribution in [0.1, 0.15) is 134 Å². The van der Waals surface area contributed by atoms with Crippen molar-refractivity contribution < 1.29 is 14.3 Å². The van der Waals surface area contributed by atoms with E-state index in [0.717, 1.165) is 25.7 Å². The van der Waals surface area contributed by atoms with Crippen LogP contribution in [-0.4, -0.2) is 23.5 Å². The number of carbonyl (C=O) groups is 2. The van der Waals surface area contributed by atoms with Gasteiger partial charge >= 0.3 is 6.09 Å². The zero-order chi connectivity index (χ0) is 29.0. The number of Topliss-reactive ketones (excluding diaryl/α,β-unsaturated/α-hetero) is 1. The average Bonchev–Trinajstić information content (AvgIpc) is 3.05. The van der Waals surface area contributed by atoms with Gasteiger partial charge in [0.1, 0.15) is 5.60 Å². The number of amides is 1. The molecule has 1 N–H and O–H groups in total. The van der Waals surface area contributed by atoms with E-state index in [1.54, 1.807) is 5.57 Å².